The smallest absolute Gasteiger partial charge is 0.336 e. The maximum Gasteiger partial charge on any atom is 0.336 e. The molecule has 0 fully saturated rings. The van der Waals surface area contributed by atoms with E-state index in [2.05, 4.69) is 26.2 Å². The number of nitrogens with zero attached hydrogens (tertiary/aromatic N) is 1. The number of nitrogens with one attached hydrogen (secondary N) is 1. The number of carbonyl (C=O) groups excluding carboxylic acids is 2. The molecule has 0 amide bonds. The summed E-state index contributed by atoms with van der Waals surface area (Å²) in [5.74, 6) is -2.30. The molecule has 0 radical (unpaired) electrons. The molecule has 0 aromatic heterocycles. The fourth-order valence-corrected chi connectivity index (χ4v) is 3.86. The van der Waals surface area contributed by atoms with Gasteiger partial charge in [-0.1, -0.05) is 34.1 Å². The average molecular weight is 467 g/mol. The van der Waals surface area contributed by atoms with E-state index in [9.17, 15) is 9.59 Å². The lowest BCUT2D eigenvalue weighted by Crippen LogP contribution is -2.37. The maximum atomic E-state index is 13.0. The third-order valence-electron chi connectivity index (χ3n) is 4.64. The third kappa shape index (κ3) is 5.52. The Bertz CT molecular complexity index is 806. The third-order valence-corrected chi connectivity index (χ3v) is 5.36. The number of esters is 2. The zero-order valence-electron chi connectivity index (χ0n) is 17.2. The Kier molecular flexibility index (Phi) is 9.00. The SMILES string of the molecule is CCOC(=O)C1=C(COCCNC)N=C(C)C(C(=O)OC)C1c1ccccc1Br. The summed E-state index contributed by atoms with van der Waals surface area (Å²) < 4.78 is 16.8. The van der Waals surface area contributed by atoms with E-state index < -0.39 is 23.8 Å². The van der Waals surface area contributed by atoms with Crippen molar-refractivity contribution >= 4 is 33.6 Å². The molecule has 0 saturated carbocycles. The molecule has 7 nitrogen and oxygen atoms in total. The van der Waals surface area contributed by atoms with Crippen LogP contribution in [-0.2, 0) is 23.8 Å². The largest absolute Gasteiger partial charge is 0.468 e. The lowest BCUT2D eigenvalue weighted by atomic mass is 9.75. The van der Waals surface area contributed by atoms with Crippen LogP contribution in [0.5, 0.6) is 0 Å². The first-order chi connectivity index (χ1) is 14.0. The van der Waals surface area contributed by atoms with Gasteiger partial charge in [-0.25, -0.2) is 4.79 Å². The van der Waals surface area contributed by atoms with Gasteiger partial charge in [0.25, 0.3) is 0 Å². The fourth-order valence-electron chi connectivity index (χ4n) is 3.33. The van der Waals surface area contributed by atoms with Crippen molar-refractivity contribution in [3.05, 3.63) is 45.6 Å². The summed E-state index contributed by atoms with van der Waals surface area (Å²) in [4.78, 5) is 30.2. The van der Waals surface area contributed by atoms with Crippen molar-refractivity contribution in [1.82, 2.24) is 5.32 Å². The van der Waals surface area contributed by atoms with Crippen LogP contribution in [0, 0.1) is 5.92 Å². The molecule has 2 rings (SSSR count). The van der Waals surface area contributed by atoms with E-state index in [4.69, 9.17) is 14.2 Å². The van der Waals surface area contributed by atoms with E-state index in [0.717, 1.165) is 10.0 Å². The molecule has 1 aliphatic rings. The molecule has 1 aliphatic heterocycles. The highest BCUT2D eigenvalue weighted by atomic mass is 79.9. The van der Waals surface area contributed by atoms with Crippen LogP contribution in [0.25, 0.3) is 0 Å². The lowest BCUT2D eigenvalue weighted by Gasteiger charge is -2.32. The molecule has 29 heavy (non-hydrogen) atoms. The highest BCUT2D eigenvalue weighted by Crippen LogP contribution is 2.42. The molecule has 0 bridgehead atoms. The van der Waals surface area contributed by atoms with Crippen molar-refractivity contribution in [3.8, 4) is 0 Å². The van der Waals surface area contributed by atoms with Gasteiger partial charge in [0, 0.05) is 22.6 Å². The first kappa shape index (κ1) is 23.3. The number of hydrogen-bond donors (Lipinski definition) is 1. The predicted molar refractivity (Wildman–Crippen MR) is 114 cm³/mol. The van der Waals surface area contributed by atoms with Crippen LogP contribution in [0.3, 0.4) is 0 Å². The topological polar surface area (TPSA) is 86.2 Å². The maximum absolute atomic E-state index is 13.0. The van der Waals surface area contributed by atoms with Crippen LogP contribution in [0.15, 0.2) is 45.0 Å². The normalized spacial score (nSPS) is 19.0. The van der Waals surface area contributed by atoms with Gasteiger partial charge in [-0.3, -0.25) is 9.79 Å². The molecule has 8 heteroatoms. The van der Waals surface area contributed by atoms with Gasteiger partial charge in [-0.15, -0.1) is 0 Å². The Morgan fingerprint density at radius 1 is 1.28 bits per heavy atom. The van der Waals surface area contributed by atoms with Gasteiger partial charge in [0.1, 0.15) is 5.92 Å². The first-order valence-electron chi connectivity index (χ1n) is 9.46. The molecule has 0 aliphatic carbocycles. The zero-order chi connectivity index (χ0) is 21.4. The summed E-state index contributed by atoms with van der Waals surface area (Å²) >= 11 is 3.55. The first-order valence-corrected chi connectivity index (χ1v) is 10.2. The van der Waals surface area contributed by atoms with Crippen LogP contribution in [0.4, 0.5) is 0 Å². The molecule has 1 aromatic rings. The molecule has 2 unspecified atom stereocenters. The molecule has 0 saturated heterocycles. The monoisotopic (exact) mass is 466 g/mol. The second kappa shape index (κ2) is 11.2. The van der Waals surface area contributed by atoms with Crippen LogP contribution in [0.2, 0.25) is 0 Å². The van der Waals surface area contributed by atoms with Crippen LogP contribution < -0.4 is 5.32 Å². The minimum absolute atomic E-state index is 0.141. The standard InChI is InChI=1S/C21H27BrN2O5/c1-5-29-21(26)19-16(12-28-11-10-23-3)24-13(2)17(20(25)27-4)18(19)14-8-6-7-9-15(14)22/h6-9,17-18,23H,5,10-12H2,1-4H3. The summed E-state index contributed by atoms with van der Waals surface area (Å²) in [5.41, 5.74) is 2.15. The van der Waals surface area contributed by atoms with E-state index in [0.29, 0.717) is 30.1 Å². The summed E-state index contributed by atoms with van der Waals surface area (Å²) in [6.45, 7) is 4.99. The summed E-state index contributed by atoms with van der Waals surface area (Å²) in [6.07, 6.45) is 0. The minimum Gasteiger partial charge on any atom is -0.468 e. The molecule has 1 N–H and O–H groups in total. The van der Waals surface area contributed by atoms with Gasteiger partial charge in [-0.05, 0) is 32.5 Å². The van der Waals surface area contributed by atoms with Gasteiger partial charge in [0.2, 0.25) is 0 Å². The Morgan fingerprint density at radius 2 is 2.00 bits per heavy atom. The van der Waals surface area contributed by atoms with Crippen LogP contribution in [-0.4, -0.2) is 58.2 Å². The summed E-state index contributed by atoms with van der Waals surface area (Å²) in [6, 6.07) is 7.49. The van der Waals surface area contributed by atoms with Crippen LogP contribution >= 0.6 is 15.9 Å². The summed E-state index contributed by atoms with van der Waals surface area (Å²) in [5, 5.41) is 3.00. The number of benzene rings is 1. The van der Waals surface area contributed by atoms with Crippen molar-refractivity contribution < 1.29 is 23.8 Å². The number of rotatable bonds is 9. The number of carbonyl (C=O) groups is 2. The van der Waals surface area contributed by atoms with E-state index >= 15 is 0 Å². The Balaban J connectivity index is 2.62. The molecule has 0 spiro atoms. The van der Waals surface area contributed by atoms with E-state index in [1.54, 1.807) is 13.8 Å². The molecule has 1 aromatic carbocycles. The lowest BCUT2D eigenvalue weighted by molar-refractivity contribution is -0.144. The summed E-state index contributed by atoms with van der Waals surface area (Å²) in [7, 11) is 3.16. The molecule has 158 valence electrons. The second-order valence-electron chi connectivity index (χ2n) is 6.49. The van der Waals surface area contributed by atoms with E-state index in [1.807, 2.05) is 31.3 Å². The quantitative estimate of drug-likeness (QED) is 0.444. The number of hydrogen-bond acceptors (Lipinski definition) is 7. The number of aliphatic imine (C=N–C) groups is 1. The van der Waals surface area contributed by atoms with E-state index in [1.165, 1.54) is 7.11 Å². The molecular formula is C21H27BrN2O5. The Morgan fingerprint density at radius 3 is 2.62 bits per heavy atom. The Labute approximate surface area is 179 Å². The molecule has 1 heterocycles. The fraction of sp³-hybridized carbons (Fsp3) is 0.476. The second-order valence-corrected chi connectivity index (χ2v) is 7.34. The number of halogens is 1. The molecular weight excluding hydrogens is 440 g/mol. The van der Waals surface area contributed by atoms with Gasteiger partial charge >= 0.3 is 11.9 Å². The van der Waals surface area contributed by atoms with Gasteiger partial charge in [0.05, 0.1) is 38.2 Å². The van der Waals surface area contributed by atoms with Gasteiger partial charge < -0.3 is 19.5 Å². The number of likely N-dealkylation sites (N-methyl/N-ethyl adjacent to an activating group) is 1. The average Bonchev–Trinajstić information content (AvgIpc) is 2.70. The zero-order valence-corrected chi connectivity index (χ0v) is 18.7. The minimum atomic E-state index is -0.737. The number of ether oxygens (including phenoxy) is 3. The van der Waals surface area contributed by atoms with E-state index in [-0.39, 0.29) is 13.2 Å². The highest BCUT2D eigenvalue weighted by molar-refractivity contribution is 9.10. The molecule has 2 atom stereocenters. The Hall–Kier alpha value is -2.03. The van der Waals surface area contributed by atoms with Crippen molar-refractivity contribution in [2.45, 2.75) is 19.8 Å². The van der Waals surface area contributed by atoms with Gasteiger partial charge in [-0.2, -0.15) is 0 Å². The van der Waals surface area contributed by atoms with Crippen molar-refractivity contribution in [2.24, 2.45) is 10.9 Å². The predicted octanol–water partition coefficient (Wildman–Crippen LogP) is 2.85. The highest BCUT2D eigenvalue weighted by Gasteiger charge is 2.43. The van der Waals surface area contributed by atoms with Gasteiger partial charge in [0.15, 0.2) is 0 Å². The van der Waals surface area contributed by atoms with Crippen molar-refractivity contribution in [1.29, 1.82) is 0 Å². The van der Waals surface area contributed by atoms with Crippen molar-refractivity contribution in [3.63, 3.8) is 0 Å². The van der Waals surface area contributed by atoms with Crippen molar-refractivity contribution in [2.75, 3.05) is 40.5 Å². The van der Waals surface area contributed by atoms with Crippen LogP contribution in [0.1, 0.15) is 25.3 Å². The number of methoxy groups -OCH3 is 1.